The molecule has 4 heteroatoms. The molecule has 0 unspecified atom stereocenters. The fourth-order valence-electron chi connectivity index (χ4n) is 1.98. The highest BCUT2D eigenvalue weighted by molar-refractivity contribution is 9.10. The van der Waals surface area contributed by atoms with Crippen molar-refractivity contribution < 1.29 is 9.47 Å². The molecule has 0 N–H and O–H groups in total. The average Bonchev–Trinajstić information content (AvgIpc) is 2.52. The molecule has 0 amide bonds. The predicted molar refractivity (Wildman–Crippen MR) is 76.5 cm³/mol. The molecule has 1 heterocycles. The third-order valence-corrected chi connectivity index (χ3v) is 3.65. The van der Waals surface area contributed by atoms with E-state index in [4.69, 9.17) is 9.47 Å². The van der Waals surface area contributed by atoms with E-state index >= 15 is 0 Å². The summed E-state index contributed by atoms with van der Waals surface area (Å²) in [6, 6.07) is 4.09. The Hall–Kier alpha value is -0.220. The van der Waals surface area contributed by atoms with Crippen molar-refractivity contribution in [3.05, 3.63) is 22.2 Å². The van der Waals surface area contributed by atoms with Gasteiger partial charge in [0, 0.05) is 21.8 Å². The molecule has 0 bridgehead atoms. The van der Waals surface area contributed by atoms with Crippen LogP contribution < -0.4 is 9.47 Å². The third kappa shape index (κ3) is 3.16. The van der Waals surface area contributed by atoms with Crippen molar-refractivity contribution in [3.63, 3.8) is 0 Å². The van der Waals surface area contributed by atoms with Crippen molar-refractivity contribution in [1.82, 2.24) is 0 Å². The lowest BCUT2D eigenvalue weighted by Crippen LogP contribution is -2.24. The lowest BCUT2D eigenvalue weighted by Gasteiger charge is -2.18. The van der Waals surface area contributed by atoms with E-state index in [0.29, 0.717) is 6.61 Å². The van der Waals surface area contributed by atoms with E-state index in [9.17, 15) is 0 Å². The van der Waals surface area contributed by atoms with Crippen molar-refractivity contribution in [2.75, 3.05) is 11.9 Å². The van der Waals surface area contributed by atoms with Gasteiger partial charge in [0.15, 0.2) is 11.5 Å². The molecule has 17 heavy (non-hydrogen) atoms. The van der Waals surface area contributed by atoms with Gasteiger partial charge in [0.2, 0.25) is 0 Å². The Kier molecular flexibility index (Phi) is 4.03. The van der Waals surface area contributed by atoms with Crippen molar-refractivity contribution in [3.8, 4) is 11.5 Å². The first kappa shape index (κ1) is 13.2. The van der Waals surface area contributed by atoms with Gasteiger partial charge in [-0.1, -0.05) is 31.9 Å². The Bertz CT molecular complexity index is 416. The number of alkyl halides is 1. The van der Waals surface area contributed by atoms with Gasteiger partial charge in [0.25, 0.3) is 0 Å². The zero-order chi connectivity index (χ0) is 12.5. The highest BCUT2D eigenvalue weighted by atomic mass is 79.9. The maximum Gasteiger partial charge on any atom is 0.165 e. The summed E-state index contributed by atoms with van der Waals surface area (Å²) in [5.74, 6) is 1.76. The van der Waals surface area contributed by atoms with Gasteiger partial charge in [-0.3, -0.25) is 0 Å². The molecule has 0 radical (unpaired) electrons. The van der Waals surface area contributed by atoms with Crippen LogP contribution in [0.4, 0.5) is 0 Å². The second-order valence-electron chi connectivity index (χ2n) is 4.82. The quantitative estimate of drug-likeness (QED) is 0.585. The van der Waals surface area contributed by atoms with Crippen LogP contribution in [0.15, 0.2) is 16.6 Å². The lowest BCUT2D eigenvalue weighted by molar-refractivity contribution is 0.132. The summed E-state index contributed by atoms with van der Waals surface area (Å²) < 4.78 is 12.8. The van der Waals surface area contributed by atoms with E-state index in [2.05, 4.69) is 51.8 Å². The highest BCUT2D eigenvalue weighted by Gasteiger charge is 2.32. The molecule has 0 aliphatic carbocycles. The minimum absolute atomic E-state index is 0.128. The summed E-state index contributed by atoms with van der Waals surface area (Å²) in [5.41, 5.74) is 1.09. The molecule has 0 spiro atoms. The molecular formula is C13H16Br2O2. The summed E-state index contributed by atoms with van der Waals surface area (Å²) in [5, 5.41) is 0.954. The lowest BCUT2D eigenvalue weighted by atomic mass is 10.0. The van der Waals surface area contributed by atoms with Gasteiger partial charge in [0.05, 0.1) is 6.61 Å². The van der Waals surface area contributed by atoms with E-state index < -0.39 is 0 Å². The van der Waals surface area contributed by atoms with Gasteiger partial charge >= 0.3 is 0 Å². The molecule has 1 aromatic rings. The average molecular weight is 364 g/mol. The third-order valence-electron chi connectivity index (χ3n) is 2.63. The molecule has 2 nitrogen and oxygen atoms in total. The van der Waals surface area contributed by atoms with Crippen LogP contribution in [0.25, 0.3) is 0 Å². The first-order chi connectivity index (χ1) is 8.02. The number of halogens is 2. The number of hydrogen-bond acceptors (Lipinski definition) is 2. The molecular weight excluding hydrogens is 348 g/mol. The minimum Gasteiger partial charge on any atom is -0.490 e. The van der Waals surface area contributed by atoms with Crippen LogP contribution in [-0.2, 0) is 6.42 Å². The van der Waals surface area contributed by atoms with Crippen LogP contribution in [-0.4, -0.2) is 17.5 Å². The van der Waals surface area contributed by atoms with Gasteiger partial charge in [-0.05, 0) is 32.4 Å². The van der Waals surface area contributed by atoms with E-state index in [1.54, 1.807) is 0 Å². The molecule has 0 atom stereocenters. The molecule has 0 aromatic heterocycles. The smallest absolute Gasteiger partial charge is 0.165 e. The predicted octanol–water partition coefficient (Wildman–Crippen LogP) is 4.33. The summed E-state index contributed by atoms with van der Waals surface area (Å²) in [6.07, 6.45) is 1.92. The Labute approximate surface area is 119 Å². The van der Waals surface area contributed by atoms with Gasteiger partial charge in [0.1, 0.15) is 5.60 Å². The van der Waals surface area contributed by atoms with Gasteiger partial charge in [-0.2, -0.15) is 0 Å². The summed E-state index contributed by atoms with van der Waals surface area (Å²) in [6.45, 7) is 4.91. The van der Waals surface area contributed by atoms with Crippen LogP contribution >= 0.6 is 31.9 Å². The maximum absolute atomic E-state index is 5.95. The van der Waals surface area contributed by atoms with Crippen molar-refractivity contribution >= 4 is 31.9 Å². The number of hydrogen-bond donors (Lipinski definition) is 0. The second-order valence-corrected chi connectivity index (χ2v) is 6.53. The van der Waals surface area contributed by atoms with E-state index in [0.717, 1.165) is 34.1 Å². The van der Waals surface area contributed by atoms with Crippen LogP contribution in [0, 0.1) is 0 Å². The Morgan fingerprint density at radius 1 is 1.41 bits per heavy atom. The first-order valence-electron chi connectivity index (χ1n) is 5.72. The van der Waals surface area contributed by atoms with Gasteiger partial charge in [-0.15, -0.1) is 0 Å². The summed E-state index contributed by atoms with van der Waals surface area (Å²) in [7, 11) is 0. The molecule has 0 fully saturated rings. The monoisotopic (exact) mass is 362 g/mol. The zero-order valence-corrected chi connectivity index (χ0v) is 13.2. The van der Waals surface area contributed by atoms with Gasteiger partial charge < -0.3 is 9.47 Å². The summed E-state index contributed by atoms with van der Waals surface area (Å²) in [4.78, 5) is 0. The molecule has 1 aromatic carbocycles. The van der Waals surface area contributed by atoms with Crippen LogP contribution in [0.1, 0.15) is 25.8 Å². The first-order valence-corrected chi connectivity index (χ1v) is 7.63. The largest absolute Gasteiger partial charge is 0.490 e. The minimum atomic E-state index is -0.128. The van der Waals surface area contributed by atoms with Crippen molar-refractivity contribution in [1.29, 1.82) is 0 Å². The highest BCUT2D eigenvalue weighted by Crippen LogP contribution is 2.43. The number of ether oxygens (including phenoxy) is 2. The number of rotatable bonds is 4. The van der Waals surface area contributed by atoms with E-state index in [-0.39, 0.29) is 5.60 Å². The molecule has 0 saturated heterocycles. The van der Waals surface area contributed by atoms with Crippen LogP contribution in [0.3, 0.4) is 0 Å². The zero-order valence-electron chi connectivity index (χ0n) is 10.1. The number of benzene rings is 1. The number of fused-ring (bicyclic) bond motifs is 1. The fraction of sp³-hybridized carbons (Fsp3) is 0.538. The van der Waals surface area contributed by atoms with Gasteiger partial charge in [-0.25, -0.2) is 0 Å². The molecule has 2 rings (SSSR count). The van der Waals surface area contributed by atoms with Crippen molar-refractivity contribution in [2.45, 2.75) is 32.3 Å². The molecule has 1 aliphatic heterocycles. The van der Waals surface area contributed by atoms with Crippen molar-refractivity contribution in [2.24, 2.45) is 0 Å². The topological polar surface area (TPSA) is 18.5 Å². The molecule has 1 aliphatic rings. The maximum atomic E-state index is 5.95. The molecule has 94 valence electrons. The Morgan fingerprint density at radius 3 is 2.88 bits per heavy atom. The fourth-order valence-corrected chi connectivity index (χ4v) is 2.70. The van der Waals surface area contributed by atoms with E-state index in [1.165, 1.54) is 5.56 Å². The summed E-state index contributed by atoms with van der Waals surface area (Å²) >= 11 is 6.91. The Balaban J connectivity index is 2.22. The normalized spacial score (nSPS) is 16.5. The van der Waals surface area contributed by atoms with E-state index in [1.807, 2.05) is 6.07 Å². The van der Waals surface area contributed by atoms with Crippen LogP contribution in [0.2, 0.25) is 0 Å². The SMILES string of the molecule is CC1(C)Cc2cc(Br)cc(OCCCBr)c2O1. The molecule has 0 saturated carbocycles. The Morgan fingerprint density at radius 2 is 2.18 bits per heavy atom. The second kappa shape index (κ2) is 5.19. The van der Waals surface area contributed by atoms with Crippen LogP contribution in [0.5, 0.6) is 11.5 Å². The standard InChI is InChI=1S/C13H16Br2O2/c1-13(2)8-9-6-10(15)7-11(12(9)17-13)16-5-3-4-14/h6-7H,3-5,8H2,1-2H3.